The van der Waals surface area contributed by atoms with Crippen LogP contribution in [0.1, 0.15) is 49.8 Å². The van der Waals surface area contributed by atoms with E-state index >= 15 is 0 Å². The topological polar surface area (TPSA) is 27.0 Å². The Morgan fingerprint density at radius 1 is 1.24 bits per heavy atom. The maximum atomic E-state index is 13.1. The van der Waals surface area contributed by atoms with Gasteiger partial charge in [0.2, 0.25) is 0 Å². The summed E-state index contributed by atoms with van der Waals surface area (Å²) in [5.74, 6) is 0.167. The largest absolute Gasteiger partial charge is 0.369 e. The van der Waals surface area contributed by atoms with Crippen molar-refractivity contribution < 1.29 is 4.39 Å². The average Bonchev–Trinajstić information content (AvgIpc) is 2.58. The van der Waals surface area contributed by atoms with Crippen LogP contribution in [0.4, 0.5) is 10.1 Å². The molecule has 3 rings (SSSR count). The molecule has 0 amide bonds. The standard InChI is InChI=1S/C22H23FN2/c1-15-13-22(2,3)25(4)21-10-5-16(12-20(15)21)11-18(14-24)17-6-8-19(23)9-7-17/h5-12,15H,13H2,1-4H3/b18-11-/t15-/m1/s1. The average molecular weight is 334 g/mol. The minimum atomic E-state index is -0.297. The van der Waals surface area contributed by atoms with Crippen molar-refractivity contribution in [1.82, 2.24) is 0 Å². The molecule has 0 saturated carbocycles. The van der Waals surface area contributed by atoms with Crippen molar-refractivity contribution in [3.05, 3.63) is 65.0 Å². The minimum Gasteiger partial charge on any atom is -0.369 e. The molecule has 1 heterocycles. The molecule has 128 valence electrons. The van der Waals surface area contributed by atoms with Crippen LogP contribution in [0, 0.1) is 17.1 Å². The first kappa shape index (κ1) is 17.2. The lowest BCUT2D eigenvalue weighted by atomic mass is 9.80. The van der Waals surface area contributed by atoms with Gasteiger partial charge in [-0.3, -0.25) is 0 Å². The van der Waals surface area contributed by atoms with Crippen LogP contribution in [0.2, 0.25) is 0 Å². The first-order valence-corrected chi connectivity index (χ1v) is 8.57. The normalized spacial score (nSPS) is 19.3. The summed E-state index contributed by atoms with van der Waals surface area (Å²) in [7, 11) is 2.14. The van der Waals surface area contributed by atoms with Gasteiger partial charge in [-0.05, 0) is 73.2 Å². The van der Waals surface area contributed by atoms with E-state index in [-0.39, 0.29) is 11.4 Å². The summed E-state index contributed by atoms with van der Waals surface area (Å²) in [6, 6.07) is 14.6. The molecule has 1 atom stereocenters. The number of nitriles is 1. The van der Waals surface area contributed by atoms with Crippen LogP contribution in [-0.2, 0) is 0 Å². The summed E-state index contributed by atoms with van der Waals surface area (Å²) in [6.45, 7) is 6.79. The Kier molecular flexibility index (Phi) is 4.39. The number of nitrogens with zero attached hydrogens (tertiary/aromatic N) is 2. The molecule has 1 aliphatic rings. The van der Waals surface area contributed by atoms with Gasteiger partial charge in [-0.25, -0.2) is 4.39 Å². The molecule has 25 heavy (non-hydrogen) atoms. The molecule has 0 N–H and O–H groups in total. The van der Waals surface area contributed by atoms with Crippen LogP contribution in [0.5, 0.6) is 0 Å². The third-order valence-corrected chi connectivity index (χ3v) is 5.24. The summed E-state index contributed by atoms with van der Waals surface area (Å²) in [6.07, 6.45) is 2.97. The second-order valence-electron chi connectivity index (χ2n) is 7.47. The number of fused-ring (bicyclic) bond motifs is 1. The molecule has 1 aliphatic heterocycles. The van der Waals surface area contributed by atoms with Crippen LogP contribution < -0.4 is 4.90 Å². The highest BCUT2D eigenvalue weighted by molar-refractivity contribution is 5.90. The predicted molar refractivity (Wildman–Crippen MR) is 102 cm³/mol. The highest BCUT2D eigenvalue weighted by atomic mass is 19.1. The molecule has 2 aromatic carbocycles. The van der Waals surface area contributed by atoms with Crippen molar-refractivity contribution in [3.8, 4) is 6.07 Å². The first-order valence-electron chi connectivity index (χ1n) is 8.57. The smallest absolute Gasteiger partial charge is 0.123 e. The van der Waals surface area contributed by atoms with Crippen LogP contribution in [-0.4, -0.2) is 12.6 Å². The van der Waals surface area contributed by atoms with Gasteiger partial charge in [0.1, 0.15) is 5.82 Å². The van der Waals surface area contributed by atoms with E-state index < -0.39 is 0 Å². The SMILES string of the molecule is C[C@@H]1CC(C)(C)N(C)c2ccc(/C=C(/C#N)c3ccc(F)cc3)cc21. The second kappa shape index (κ2) is 6.37. The van der Waals surface area contributed by atoms with Gasteiger partial charge < -0.3 is 4.90 Å². The van der Waals surface area contributed by atoms with E-state index in [1.54, 1.807) is 12.1 Å². The molecule has 0 radical (unpaired) electrons. The fourth-order valence-electron chi connectivity index (χ4n) is 3.66. The van der Waals surface area contributed by atoms with Crippen LogP contribution >= 0.6 is 0 Å². The van der Waals surface area contributed by atoms with E-state index in [2.05, 4.69) is 50.9 Å². The lowest BCUT2D eigenvalue weighted by Gasteiger charge is -2.45. The third kappa shape index (κ3) is 3.30. The van der Waals surface area contributed by atoms with Crippen LogP contribution in [0.3, 0.4) is 0 Å². The number of allylic oxidation sites excluding steroid dienone is 1. The maximum Gasteiger partial charge on any atom is 0.123 e. The van der Waals surface area contributed by atoms with Crippen molar-refractivity contribution in [2.24, 2.45) is 0 Å². The Bertz CT molecular complexity index is 857. The van der Waals surface area contributed by atoms with E-state index in [1.165, 1.54) is 23.4 Å². The number of rotatable bonds is 2. The molecule has 0 saturated heterocycles. The molecule has 2 nitrogen and oxygen atoms in total. The van der Waals surface area contributed by atoms with Crippen molar-refractivity contribution in [1.29, 1.82) is 5.26 Å². The lowest BCUT2D eigenvalue weighted by molar-refractivity contribution is 0.395. The fourth-order valence-corrected chi connectivity index (χ4v) is 3.66. The molecule has 0 fully saturated rings. The third-order valence-electron chi connectivity index (χ3n) is 5.24. The van der Waals surface area contributed by atoms with Crippen LogP contribution in [0.25, 0.3) is 11.6 Å². The van der Waals surface area contributed by atoms with Gasteiger partial charge in [0, 0.05) is 18.3 Å². The van der Waals surface area contributed by atoms with Gasteiger partial charge in [0.05, 0.1) is 11.6 Å². The van der Waals surface area contributed by atoms with Crippen molar-refractivity contribution in [2.45, 2.75) is 38.6 Å². The number of halogens is 1. The predicted octanol–water partition coefficient (Wildman–Crippen LogP) is 5.61. The Balaban J connectivity index is 2.01. The van der Waals surface area contributed by atoms with E-state index in [9.17, 15) is 9.65 Å². The zero-order valence-corrected chi connectivity index (χ0v) is 15.2. The van der Waals surface area contributed by atoms with Crippen molar-refractivity contribution in [2.75, 3.05) is 11.9 Å². The van der Waals surface area contributed by atoms with Gasteiger partial charge >= 0.3 is 0 Å². The molecule has 0 unspecified atom stereocenters. The number of benzene rings is 2. The Morgan fingerprint density at radius 3 is 2.56 bits per heavy atom. The zero-order valence-electron chi connectivity index (χ0n) is 15.2. The summed E-state index contributed by atoms with van der Waals surface area (Å²) >= 11 is 0. The quantitative estimate of drug-likeness (QED) is 0.527. The zero-order chi connectivity index (χ0) is 18.2. The lowest BCUT2D eigenvalue weighted by Crippen LogP contribution is -2.45. The van der Waals surface area contributed by atoms with Gasteiger partial charge in [0.15, 0.2) is 0 Å². The molecule has 0 bridgehead atoms. The van der Waals surface area contributed by atoms with E-state index in [4.69, 9.17) is 0 Å². The number of hydrogen-bond acceptors (Lipinski definition) is 2. The highest BCUT2D eigenvalue weighted by Gasteiger charge is 2.33. The van der Waals surface area contributed by atoms with Crippen molar-refractivity contribution >= 4 is 17.3 Å². The fraction of sp³-hybridized carbons (Fsp3) is 0.318. The van der Waals surface area contributed by atoms with Gasteiger partial charge in [-0.1, -0.05) is 25.1 Å². The monoisotopic (exact) mass is 334 g/mol. The van der Waals surface area contributed by atoms with E-state index in [0.717, 1.165) is 17.5 Å². The minimum absolute atomic E-state index is 0.135. The van der Waals surface area contributed by atoms with Gasteiger partial charge in [-0.15, -0.1) is 0 Å². The summed E-state index contributed by atoms with van der Waals surface area (Å²) in [4.78, 5) is 2.33. The molecular weight excluding hydrogens is 311 g/mol. The number of hydrogen-bond donors (Lipinski definition) is 0. The summed E-state index contributed by atoms with van der Waals surface area (Å²) in [5.41, 5.74) is 4.97. The van der Waals surface area contributed by atoms with Crippen LogP contribution in [0.15, 0.2) is 42.5 Å². The highest BCUT2D eigenvalue weighted by Crippen LogP contribution is 2.42. The van der Waals surface area contributed by atoms with E-state index in [1.807, 2.05) is 12.1 Å². The molecule has 2 aromatic rings. The van der Waals surface area contributed by atoms with E-state index in [0.29, 0.717) is 11.5 Å². The maximum absolute atomic E-state index is 13.1. The summed E-state index contributed by atoms with van der Waals surface area (Å²) in [5, 5.41) is 9.49. The molecule has 0 aliphatic carbocycles. The van der Waals surface area contributed by atoms with Gasteiger partial charge in [-0.2, -0.15) is 5.26 Å². The molecule has 3 heteroatoms. The molecule has 0 aromatic heterocycles. The Hall–Kier alpha value is -2.60. The molecule has 0 spiro atoms. The Morgan fingerprint density at radius 2 is 1.92 bits per heavy atom. The van der Waals surface area contributed by atoms with Crippen molar-refractivity contribution in [3.63, 3.8) is 0 Å². The van der Waals surface area contributed by atoms with Gasteiger partial charge in [0.25, 0.3) is 0 Å². The first-order chi connectivity index (χ1) is 11.8. The Labute approximate surface area is 149 Å². The summed E-state index contributed by atoms with van der Waals surface area (Å²) < 4.78 is 13.1. The number of anilines is 1. The second-order valence-corrected chi connectivity index (χ2v) is 7.47. The molecular formula is C22H23FN2.